The number of carbonyl (C=O) groups excluding carboxylic acids is 1. The minimum absolute atomic E-state index is 0.0125. The summed E-state index contributed by atoms with van der Waals surface area (Å²) in [6.45, 7) is 5.48. The summed E-state index contributed by atoms with van der Waals surface area (Å²) in [4.78, 5) is 11.4. The molecule has 0 aromatic rings. The van der Waals surface area contributed by atoms with Gasteiger partial charge in [-0.3, -0.25) is 4.79 Å². The van der Waals surface area contributed by atoms with E-state index in [0.29, 0.717) is 0 Å². The van der Waals surface area contributed by atoms with Gasteiger partial charge in [0, 0.05) is 6.54 Å². The van der Waals surface area contributed by atoms with Crippen LogP contribution in [-0.2, 0) is 14.8 Å². The van der Waals surface area contributed by atoms with Crippen LogP contribution in [0.3, 0.4) is 0 Å². The van der Waals surface area contributed by atoms with Crippen molar-refractivity contribution in [2.75, 3.05) is 12.3 Å². The topological polar surface area (TPSA) is 115 Å². The Hall–Kier alpha value is -0.660. The molecule has 0 saturated heterocycles. The first-order valence-corrected chi connectivity index (χ1v) is 6.29. The summed E-state index contributed by atoms with van der Waals surface area (Å²) in [5, 5.41) is 7.20. The van der Waals surface area contributed by atoms with Crippen LogP contribution < -0.4 is 16.2 Å². The molecule has 0 unspecified atom stereocenters. The predicted molar refractivity (Wildman–Crippen MR) is 58.4 cm³/mol. The molecule has 7 heteroatoms. The Kier molecular flexibility index (Phi) is 4.69. The van der Waals surface area contributed by atoms with Crippen LogP contribution in [0.2, 0.25) is 0 Å². The highest BCUT2D eigenvalue weighted by molar-refractivity contribution is 7.89. The number of nitrogens with two attached hydrogens (primary N) is 2. The number of hydrogen-bond donors (Lipinski definition) is 3. The van der Waals surface area contributed by atoms with E-state index in [1.54, 1.807) is 0 Å². The summed E-state index contributed by atoms with van der Waals surface area (Å²) in [5.41, 5.74) is 5.30. The van der Waals surface area contributed by atoms with Crippen molar-refractivity contribution in [3.63, 3.8) is 0 Å². The normalized spacial score (nSPS) is 14.7. The fourth-order valence-corrected chi connectivity index (χ4v) is 1.21. The van der Waals surface area contributed by atoms with Crippen LogP contribution in [0.4, 0.5) is 0 Å². The maximum absolute atomic E-state index is 11.4. The fraction of sp³-hybridized carbons (Fsp3) is 0.875. The Morgan fingerprint density at radius 1 is 1.40 bits per heavy atom. The fourth-order valence-electron chi connectivity index (χ4n) is 0.820. The minimum atomic E-state index is -3.54. The van der Waals surface area contributed by atoms with Gasteiger partial charge in [0.1, 0.15) is 0 Å². The SMILES string of the molecule is CC(C)(C)[C@H](N)C(=O)NCCS(N)(=O)=O. The van der Waals surface area contributed by atoms with Crippen molar-refractivity contribution in [3.8, 4) is 0 Å². The number of hydrogen-bond acceptors (Lipinski definition) is 4. The number of rotatable bonds is 4. The molecule has 0 aliphatic rings. The zero-order valence-corrected chi connectivity index (χ0v) is 10.1. The molecule has 0 rings (SSSR count). The minimum Gasteiger partial charge on any atom is -0.354 e. The molecule has 5 N–H and O–H groups in total. The third-order valence-corrected chi connectivity index (χ3v) is 2.67. The number of primary sulfonamides is 1. The van der Waals surface area contributed by atoms with E-state index in [1.165, 1.54) is 0 Å². The highest BCUT2D eigenvalue weighted by Gasteiger charge is 2.27. The van der Waals surface area contributed by atoms with Gasteiger partial charge in [-0.15, -0.1) is 0 Å². The molecule has 0 radical (unpaired) electrons. The largest absolute Gasteiger partial charge is 0.354 e. The van der Waals surface area contributed by atoms with E-state index in [1.807, 2.05) is 20.8 Å². The van der Waals surface area contributed by atoms with Crippen LogP contribution in [0.25, 0.3) is 0 Å². The van der Waals surface area contributed by atoms with Gasteiger partial charge in [0.05, 0.1) is 11.8 Å². The predicted octanol–water partition coefficient (Wildman–Crippen LogP) is -1.24. The molecule has 1 atom stereocenters. The summed E-state index contributed by atoms with van der Waals surface area (Å²) in [5.74, 6) is -0.651. The van der Waals surface area contributed by atoms with Gasteiger partial charge < -0.3 is 11.1 Å². The maximum Gasteiger partial charge on any atom is 0.237 e. The third kappa shape index (κ3) is 6.43. The summed E-state index contributed by atoms with van der Waals surface area (Å²) >= 11 is 0. The molecule has 0 aliphatic heterocycles. The van der Waals surface area contributed by atoms with E-state index in [-0.39, 0.29) is 23.6 Å². The third-order valence-electron chi connectivity index (χ3n) is 1.90. The molecule has 0 saturated carbocycles. The van der Waals surface area contributed by atoms with Crippen molar-refractivity contribution in [1.29, 1.82) is 0 Å². The van der Waals surface area contributed by atoms with Crippen molar-refractivity contribution >= 4 is 15.9 Å². The van der Waals surface area contributed by atoms with Crippen LogP contribution in [-0.4, -0.2) is 32.7 Å². The van der Waals surface area contributed by atoms with E-state index in [4.69, 9.17) is 10.9 Å². The second-order valence-corrected chi connectivity index (χ2v) is 6.24. The van der Waals surface area contributed by atoms with Gasteiger partial charge in [-0.1, -0.05) is 20.8 Å². The van der Waals surface area contributed by atoms with E-state index >= 15 is 0 Å². The molecule has 0 fully saturated rings. The second-order valence-electron chi connectivity index (χ2n) is 4.50. The second kappa shape index (κ2) is 4.91. The highest BCUT2D eigenvalue weighted by Crippen LogP contribution is 2.16. The standard InChI is InChI=1S/C8H19N3O3S/c1-8(2,3)6(9)7(12)11-4-5-15(10,13)14/h6H,4-5,9H2,1-3H3,(H,11,12)(H2,10,13,14)/t6-/m1/s1. The van der Waals surface area contributed by atoms with Crippen LogP contribution in [0.15, 0.2) is 0 Å². The first kappa shape index (κ1) is 14.3. The summed E-state index contributed by atoms with van der Waals surface area (Å²) in [7, 11) is -3.54. The van der Waals surface area contributed by atoms with Crippen LogP contribution in [0, 0.1) is 5.41 Å². The van der Waals surface area contributed by atoms with Gasteiger partial charge in [-0.2, -0.15) is 0 Å². The van der Waals surface area contributed by atoms with Gasteiger partial charge in [-0.25, -0.2) is 13.6 Å². The average Bonchev–Trinajstić information content (AvgIpc) is 1.98. The average molecular weight is 237 g/mol. The molecule has 90 valence electrons. The molecule has 0 aromatic carbocycles. The Balaban J connectivity index is 4.07. The van der Waals surface area contributed by atoms with Gasteiger partial charge in [-0.05, 0) is 5.41 Å². The van der Waals surface area contributed by atoms with E-state index < -0.39 is 16.1 Å². The lowest BCUT2D eigenvalue weighted by Crippen LogP contribution is -2.49. The lowest BCUT2D eigenvalue weighted by atomic mass is 9.87. The van der Waals surface area contributed by atoms with Crippen LogP contribution >= 0.6 is 0 Å². The maximum atomic E-state index is 11.4. The molecule has 15 heavy (non-hydrogen) atoms. The molecule has 6 nitrogen and oxygen atoms in total. The quantitative estimate of drug-likeness (QED) is 0.567. The van der Waals surface area contributed by atoms with E-state index in [9.17, 15) is 13.2 Å². The Morgan fingerprint density at radius 2 is 1.87 bits per heavy atom. The molecular weight excluding hydrogens is 218 g/mol. The van der Waals surface area contributed by atoms with Crippen molar-refractivity contribution in [2.24, 2.45) is 16.3 Å². The molecule has 1 amide bonds. The van der Waals surface area contributed by atoms with E-state index in [0.717, 1.165) is 0 Å². The van der Waals surface area contributed by atoms with Gasteiger partial charge in [0.25, 0.3) is 0 Å². The Morgan fingerprint density at radius 3 is 2.20 bits per heavy atom. The lowest BCUT2D eigenvalue weighted by molar-refractivity contribution is -0.124. The van der Waals surface area contributed by atoms with Gasteiger partial charge >= 0.3 is 0 Å². The molecular formula is C8H19N3O3S. The summed E-state index contributed by atoms with van der Waals surface area (Å²) < 4.78 is 21.1. The zero-order valence-electron chi connectivity index (χ0n) is 9.28. The first-order valence-electron chi connectivity index (χ1n) is 4.58. The van der Waals surface area contributed by atoms with Crippen molar-refractivity contribution in [3.05, 3.63) is 0 Å². The number of carbonyl (C=O) groups is 1. The highest BCUT2D eigenvalue weighted by atomic mass is 32.2. The smallest absolute Gasteiger partial charge is 0.237 e. The first-order chi connectivity index (χ1) is 6.54. The van der Waals surface area contributed by atoms with Crippen LogP contribution in [0.5, 0.6) is 0 Å². The van der Waals surface area contributed by atoms with Crippen molar-refractivity contribution in [2.45, 2.75) is 26.8 Å². The number of amides is 1. The lowest BCUT2D eigenvalue weighted by Gasteiger charge is -2.25. The molecule has 0 spiro atoms. The zero-order chi connectivity index (χ0) is 12.3. The molecule has 0 heterocycles. The van der Waals surface area contributed by atoms with Gasteiger partial charge in [0.2, 0.25) is 15.9 Å². The monoisotopic (exact) mass is 237 g/mol. The number of nitrogens with one attached hydrogen (secondary N) is 1. The summed E-state index contributed by atoms with van der Waals surface area (Å²) in [6.07, 6.45) is 0. The molecule has 0 aliphatic carbocycles. The Bertz CT molecular complexity index is 319. The van der Waals surface area contributed by atoms with Crippen molar-refractivity contribution in [1.82, 2.24) is 5.32 Å². The van der Waals surface area contributed by atoms with Crippen molar-refractivity contribution < 1.29 is 13.2 Å². The summed E-state index contributed by atoms with van der Waals surface area (Å²) in [6, 6.07) is -0.669. The molecule has 0 bridgehead atoms. The Labute approximate surface area is 90.4 Å². The molecule has 0 aromatic heterocycles. The van der Waals surface area contributed by atoms with E-state index in [2.05, 4.69) is 5.32 Å². The van der Waals surface area contributed by atoms with Crippen LogP contribution in [0.1, 0.15) is 20.8 Å². The van der Waals surface area contributed by atoms with Gasteiger partial charge in [0.15, 0.2) is 0 Å². The number of sulfonamides is 1.